The van der Waals surface area contributed by atoms with Crippen molar-refractivity contribution >= 4 is 12.4 Å². The van der Waals surface area contributed by atoms with Crippen molar-refractivity contribution in [2.24, 2.45) is 5.73 Å². The van der Waals surface area contributed by atoms with Gasteiger partial charge < -0.3 is 10.3 Å². The summed E-state index contributed by atoms with van der Waals surface area (Å²) in [6.45, 7) is 2.09. The van der Waals surface area contributed by atoms with Crippen molar-refractivity contribution in [3.63, 3.8) is 0 Å². The number of nitrogens with zero attached hydrogens (tertiary/aromatic N) is 4. The normalized spacial score (nSPS) is 17.7. The Labute approximate surface area is 164 Å². The van der Waals surface area contributed by atoms with Crippen LogP contribution in [0.15, 0.2) is 28.8 Å². The van der Waals surface area contributed by atoms with E-state index < -0.39 is 5.54 Å². The largest absolute Gasteiger partial charge is 0.332 e. The summed E-state index contributed by atoms with van der Waals surface area (Å²) in [7, 11) is 0. The number of hydrogen-bond acceptors (Lipinski definition) is 5. The van der Waals surface area contributed by atoms with Crippen LogP contribution in [0.2, 0.25) is 0 Å². The minimum Gasteiger partial charge on any atom is -0.332 e. The fraction of sp³-hybridized carbons (Fsp3) is 0.450. The molecule has 0 radical (unpaired) electrons. The van der Waals surface area contributed by atoms with E-state index in [1.165, 1.54) is 29.7 Å². The van der Waals surface area contributed by atoms with E-state index in [1.807, 2.05) is 0 Å². The van der Waals surface area contributed by atoms with Crippen LogP contribution in [0.3, 0.4) is 0 Å². The second-order valence-corrected chi connectivity index (χ2v) is 7.66. The van der Waals surface area contributed by atoms with Crippen molar-refractivity contribution in [3.05, 3.63) is 46.9 Å². The molecule has 0 bridgehead atoms. The first kappa shape index (κ1) is 18.2. The van der Waals surface area contributed by atoms with Gasteiger partial charge in [-0.05, 0) is 64.0 Å². The number of aromatic nitrogens is 4. The molecule has 7 heteroatoms. The van der Waals surface area contributed by atoms with Crippen LogP contribution in [0.25, 0.3) is 17.3 Å². The van der Waals surface area contributed by atoms with Crippen LogP contribution < -0.4 is 5.73 Å². The molecule has 142 valence electrons. The van der Waals surface area contributed by atoms with Gasteiger partial charge in [0.1, 0.15) is 0 Å². The van der Waals surface area contributed by atoms with Gasteiger partial charge in [-0.1, -0.05) is 22.9 Å². The summed E-state index contributed by atoms with van der Waals surface area (Å²) >= 11 is 0. The second-order valence-electron chi connectivity index (χ2n) is 7.66. The van der Waals surface area contributed by atoms with Crippen LogP contribution in [-0.4, -0.2) is 19.9 Å². The molecule has 3 aromatic rings. The zero-order valence-corrected chi connectivity index (χ0v) is 16.3. The van der Waals surface area contributed by atoms with Crippen molar-refractivity contribution in [2.75, 3.05) is 0 Å². The Morgan fingerprint density at radius 1 is 1.07 bits per heavy atom. The van der Waals surface area contributed by atoms with Crippen LogP contribution in [-0.2, 0) is 18.4 Å². The molecule has 1 aromatic carbocycles. The zero-order valence-electron chi connectivity index (χ0n) is 15.4. The summed E-state index contributed by atoms with van der Waals surface area (Å²) in [6.07, 6.45) is 7.34. The smallest absolute Gasteiger partial charge is 0.278 e. The number of aryl methyl sites for hydroxylation is 1. The molecule has 6 nitrogen and oxygen atoms in total. The van der Waals surface area contributed by atoms with E-state index in [9.17, 15) is 0 Å². The summed E-state index contributed by atoms with van der Waals surface area (Å²) < 4.78 is 7.64. The molecule has 1 fully saturated rings. The average Bonchev–Trinajstić information content (AvgIpc) is 3.25. The molecule has 0 atom stereocenters. The number of rotatable bonds is 3. The molecule has 27 heavy (non-hydrogen) atoms. The van der Waals surface area contributed by atoms with E-state index in [2.05, 4.69) is 46.0 Å². The lowest BCUT2D eigenvalue weighted by atomic mass is 9.77. The maximum absolute atomic E-state index is 6.35. The molecule has 2 aromatic heterocycles. The Hall–Kier alpha value is -2.18. The van der Waals surface area contributed by atoms with Gasteiger partial charge in [-0.2, -0.15) is 10.1 Å². The summed E-state index contributed by atoms with van der Waals surface area (Å²) in [5.74, 6) is 1.12. The summed E-state index contributed by atoms with van der Waals surface area (Å²) in [6, 6.07) is 8.46. The standard InChI is InChI=1S/C20H23N5O.ClH/c1-13-7-9-14(10-8-13)25-16-6-3-2-5-15(16)17(23-25)18-22-19(24-26-18)20(21)11-4-12-20;/h7-10H,2-6,11-12,21H2,1H3;1H. The SMILES string of the molecule is Cc1ccc(-n2nc(-c3nc(C4(N)CCC4)no3)c3c2CCCC3)cc1.Cl. The molecular formula is C20H24ClN5O. The highest BCUT2D eigenvalue weighted by Gasteiger charge is 2.39. The fourth-order valence-corrected chi connectivity index (χ4v) is 3.97. The van der Waals surface area contributed by atoms with Crippen LogP contribution >= 0.6 is 12.4 Å². The predicted octanol–water partition coefficient (Wildman–Crippen LogP) is 3.87. The van der Waals surface area contributed by atoms with Gasteiger partial charge in [0.25, 0.3) is 5.89 Å². The van der Waals surface area contributed by atoms with Crippen LogP contribution in [0.1, 0.15) is 54.7 Å². The first-order valence-electron chi connectivity index (χ1n) is 9.45. The van der Waals surface area contributed by atoms with E-state index in [0.717, 1.165) is 43.5 Å². The molecule has 0 saturated heterocycles. The zero-order chi connectivity index (χ0) is 17.7. The lowest BCUT2D eigenvalue weighted by Gasteiger charge is -2.34. The van der Waals surface area contributed by atoms with E-state index >= 15 is 0 Å². The van der Waals surface area contributed by atoms with Crippen LogP contribution in [0, 0.1) is 6.92 Å². The van der Waals surface area contributed by atoms with Crippen LogP contribution in [0.5, 0.6) is 0 Å². The molecule has 0 spiro atoms. The Bertz CT molecular complexity index is 955. The minimum absolute atomic E-state index is 0. The highest BCUT2D eigenvalue weighted by Crippen LogP contribution is 2.38. The molecule has 1 saturated carbocycles. The highest BCUT2D eigenvalue weighted by atomic mass is 35.5. The van der Waals surface area contributed by atoms with Crippen molar-refractivity contribution < 1.29 is 4.52 Å². The van der Waals surface area contributed by atoms with Crippen molar-refractivity contribution in [2.45, 2.75) is 57.4 Å². The molecule has 0 amide bonds. The second kappa shape index (κ2) is 6.77. The third-order valence-electron chi connectivity index (χ3n) is 5.78. The molecule has 0 unspecified atom stereocenters. The van der Waals surface area contributed by atoms with E-state index in [4.69, 9.17) is 15.4 Å². The van der Waals surface area contributed by atoms with Crippen molar-refractivity contribution in [3.8, 4) is 17.3 Å². The minimum atomic E-state index is -0.415. The van der Waals surface area contributed by atoms with Gasteiger partial charge in [0, 0.05) is 11.3 Å². The van der Waals surface area contributed by atoms with Gasteiger partial charge in [0.05, 0.1) is 11.2 Å². The maximum Gasteiger partial charge on any atom is 0.278 e. The number of benzene rings is 1. The summed E-state index contributed by atoms with van der Waals surface area (Å²) in [5, 5.41) is 9.05. The number of halogens is 1. The molecule has 2 N–H and O–H groups in total. The van der Waals surface area contributed by atoms with Crippen LogP contribution in [0.4, 0.5) is 0 Å². The van der Waals surface area contributed by atoms with Crippen molar-refractivity contribution in [1.29, 1.82) is 0 Å². The Morgan fingerprint density at radius 3 is 2.52 bits per heavy atom. The molecule has 5 rings (SSSR count). The molecule has 2 heterocycles. The fourth-order valence-electron chi connectivity index (χ4n) is 3.97. The highest BCUT2D eigenvalue weighted by molar-refractivity contribution is 5.85. The predicted molar refractivity (Wildman–Crippen MR) is 105 cm³/mol. The third kappa shape index (κ3) is 2.97. The van der Waals surface area contributed by atoms with Crippen molar-refractivity contribution in [1.82, 2.24) is 19.9 Å². The monoisotopic (exact) mass is 385 g/mol. The number of fused-ring (bicyclic) bond motifs is 1. The third-order valence-corrected chi connectivity index (χ3v) is 5.78. The molecular weight excluding hydrogens is 362 g/mol. The summed E-state index contributed by atoms with van der Waals surface area (Å²) in [4.78, 5) is 4.62. The average molecular weight is 386 g/mol. The van der Waals surface area contributed by atoms with E-state index in [1.54, 1.807) is 0 Å². The van der Waals surface area contributed by atoms with Gasteiger partial charge in [-0.25, -0.2) is 4.68 Å². The number of nitrogens with two attached hydrogens (primary N) is 1. The Kier molecular flexibility index (Phi) is 4.56. The van der Waals surface area contributed by atoms with Gasteiger partial charge in [0.15, 0.2) is 11.5 Å². The lowest BCUT2D eigenvalue weighted by molar-refractivity contribution is 0.229. The van der Waals surface area contributed by atoms with Gasteiger partial charge in [-0.3, -0.25) is 0 Å². The molecule has 0 aliphatic heterocycles. The quantitative estimate of drug-likeness (QED) is 0.739. The first-order valence-corrected chi connectivity index (χ1v) is 9.45. The summed E-state index contributed by atoms with van der Waals surface area (Å²) in [5.41, 5.74) is 11.6. The molecule has 2 aliphatic carbocycles. The number of hydrogen-bond donors (Lipinski definition) is 1. The Balaban J connectivity index is 0.00000180. The van der Waals surface area contributed by atoms with Gasteiger partial charge in [0.2, 0.25) is 0 Å². The first-order chi connectivity index (χ1) is 12.6. The van der Waals surface area contributed by atoms with Gasteiger partial charge in [-0.15, -0.1) is 12.4 Å². The lowest BCUT2D eigenvalue weighted by Crippen LogP contribution is -2.44. The maximum atomic E-state index is 6.35. The topological polar surface area (TPSA) is 82.8 Å². The van der Waals surface area contributed by atoms with E-state index in [0.29, 0.717) is 11.7 Å². The molecule has 2 aliphatic rings. The van der Waals surface area contributed by atoms with E-state index in [-0.39, 0.29) is 12.4 Å². The Morgan fingerprint density at radius 2 is 1.81 bits per heavy atom. The van der Waals surface area contributed by atoms with Gasteiger partial charge >= 0.3 is 0 Å².